The minimum Gasteiger partial charge on any atom is -0.462 e. The molecule has 0 saturated carbocycles. The Morgan fingerprint density at radius 3 is 2.73 bits per heavy atom. The minimum atomic E-state index is -0.387. The van der Waals surface area contributed by atoms with Crippen molar-refractivity contribution in [3.8, 4) is 11.4 Å². The number of aromatic nitrogens is 3. The number of carbonyl (C=O) groups excluding carboxylic acids is 2. The van der Waals surface area contributed by atoms with E-state index in [2.05, 4.69) is 39.6 Å². The molecule has 0 aliphatic heterocycles. The quantitative estimate of drug-likeness (QED) is 0.201. The SMILES string of the molecule is C=CCn1c(SCC(=O)Nc2ccc(C(=O)OCC)cc2)nnc1-c1csc2ccccc12. The number of anilines is 1. The number of carbonyl (C=O) groups is 2. The fourth-order valence-corrected chi connectivity index (χ4v) is 4.96. The molecule has 0 fully saturated rings. The molecule has 0 aliphatic rings. The van der Waals surface area contributed by atoms with E-state index in [-0.39, 0.29) is 17.6 Å². The topological polar surface area (TPSA) is 86.1 Å². The van der Waals surface area contributed by atoms with Gasteiger partial charge in [0.05, 0.1) is 17.9 Å². The standard InChI is InChI=1S/C24H22N4O3S2/c1-3-13-28-22(19-14-32-20-8-6-5-7-18(19)20)26-27-24(28)33-15-21(29)25-17-11-9-16(10-12-17)23(30)31-4-2/h3,5-12,14H,1,4,13,15H2,2H3,(H,25,29). The van der Waals surface area contributed by atoms with Gasteiger partial charge in [0.2, 0.25) is 5.91 Å². The number of esters is 1. The molecule has 2 aromatic carbocycles. The predicted octanol–water partition coefficient (Wildman–Crippen LogP) is 5.25. The lowest BCUT2D eigenvalue weighted by molar-refractivity contribution is -0.113. The Kier molecular flexibility index (Phi) is 7.21. The van der Waals surface area contributed by atoms with Crippen molar-refractivity contribution < 1.29 is 14.3 Å². The predicted molar refractivity (Wildman–Crippen MR) is 133 cm³/mol. The molecule has 0 radical (unpaired) electrons. The summed E-state index contributed by atoms with van der Waals surface area (Å²) in [5.74, 6) is 0.352. The summed E-state index contributed by atoms with van der Waals surface area (Å²) in [6.07, 6.45) is 1.79. The smallest absolute Gasteiger partial charge is 0.338 e. The molecule has 4 rings (SSSR count). The second kappa shape index (κ2) is 10.5. The Bertz CT molecular complexity index is 1290. The number of benzene rings is 2. The Morgan fingerprint density at radius 2 is 1.97 bits per heavy atom. The number of fused-ring (bicyclic) bond motifs is 1. The van der Waals surface area contributed by atoms with Crippen molar-refractivity contribution >= 4 is 50.7 Å². The van der Waals surface area contributed by atoms with E-state index in [1.165, 1.54) is 16.5 Å². The zero-order chi connectivity index (χ0) is 23.2. The third-order valence-corrected chi connectivity index (χ3v) is 6.69. The van der Waals surface area contributed by atoms with Gasteiger partial charge >= 0.3 is 5.97 Å². The van der Waals surface area contributed by atoms with Gasteiger partial charge in [0.25, 0.3) is 0 Å². The minimum absolute atomic E-state index is 0.166. The molecule has 1 N–H and O–H groups in total. The monoisotopic (exact) mass is 478 g/mol. The maximum absolute atomic E-state index is 12.5. The summed E-state index contributed by atoms with van der Waals surface area (Å²) in [6.45, 7) is 6.45. The number of allylic oxidation sites excluding steroid dienone is 1. The highest BCUT2D eigenvalue weighted by molar-refractivity contribution is 7.99. The van der Waals surface area contributed by atoms with Crippen LogP contribution in [0.3, 0.4) is 0 Å². The third kappa shape index (κ3) is 5.15. The maximum Gasteiger partial charge on any atom is 0.338 e. The van der Waals surface area contributed by atoms with Crippen molar-refractivity contribution in [2.24, 2.45) is 0 Å². The van der Waals surface area contributed by atoms with Crippen LogP contribution in [0.15, 0.2) is 71.7 Å². The van der Waals surface area contributed by atoms with Crippen LogP contribution in [-0.2, 0) is 16.1 Å². The van der Waals surface area contributed by atoms with Gasteiger partial charge in [-0.15, -0.1) is 28.1 Å². The number of hydrogen-bond donors (Lipinski definition) is 1. The van der Waals surface area contributed by atoms with E-state index < -0.39 is 0 Å². The molecule has 33 heavy (non-hydrogen) atoms. The molecular formula is C24H22N4O3S2. The number of amides is 1. The molecule has 1 amide bonds. The molecule has 7 nitrogen and oxygen atoms in total. The van der Waals surface area contributed by atoms with Gasteiger partial charge in [0.15, 0.2) is 11.0 Å². The van der Waals surface area contributed by atoms with Crippen molar-refractivity contribution in [2.75, 3.05) is 17.7 Å². The van der Waals surface area contributed by atoms with E-state index in [1.54, 1.807) is 48.6 Å². The lowest BCUT2D eigenvalue weighted by Crippen LogP contribution is -2.15. The van der Waals surface area contributed by atoms with Crippen molar-refractivity contribution in [3.05, 3.63) is 72.1 Å². The van der Waals surface area contributed by atoms with Crippen LogP contribution < -0.4 is 5.32 Å². The van der Waals surface area contributed by atoms with Gasteiger partial charge in [-0.3, -0.25) is 9.36 Å². The largest absolute Gasteiger partial charge is 0.462 e. The number of rotatable bonds is 9. The molecule has 0 aliphatic carbocycles. The number of thioether (sulfide) groups is 1. The van der Waals surface area contributed by atoms with Crippen LogP contribution in [0.4, 0.5) is 5.69 Å². The average Bonchev–Trinajstić information content (AvgIpc) is 3.42. The summed E-state index contributed by atoms with van der Waals surface area (Å²) < 4.78 is 8.12. The molecule has 2 heterocycles. The van der Waals surface area contributed by atoms with Gasteiger partial charge in [-0.2, -0.15) is 0 Å². The summed E-state index contributed by atoms with van der Waals surface area (Å²) in [7, 11) is 0. The highest BCUT2D eigenvalue weighted by Crippen LogP contribution is 2.34. The fraction of sp³-hybridized carbons (Fsp3) is 0.167. The lowest BCUT2D eigenvalue weighted by Gasteiger charge is -2.08. The van der Waals surface area contributed by atoms with Gasteiger partial charge < -0.3 is 10.1 Å². The van der Waals surface area contributed by atoms with Gasteiger partial charge in [0.1, 0.15) is 0 Å². The molecule has 9 heteroatoms. The van der Waals surface area contributed by atoms with E-state index >= 15 is 0 Å². The summed E-state index contributed by atoms with van der Waals surface area (Å²) in [6, 6.07) is 14.8. The molecule has 0 saturated heterocycles. The molecule has 0 bridgehead atoms. The average molecular weight is 479 g/mol. The molecule has 0 unspecified atom stereocenters. The van der Waals surface area contributed by atoms with Gasteiger partial charge in [0, 0.05) is 33.3 Å². The number of ether oxygens (including phenoxy) is 1. The van der Waals surface area contributed by atoms with Gasteiger partial charge in [-0.05, 0) is 37.3 Å². The van der Waals surface area contributed by atoms with Crippen LogP contribution >= 0.6 is 23.1 Å². The Labute approximate surface area is 199 Å². The van der Waals surface area contributed by atoms with Crippen LogP contribution in [0, 0.1) is 0 Å². The lowest BCUT2D eigenvalue weighted by atomic mass is 10.1. The van der Waals surface area contributed by atoms with Crippen molar-refractivity contribution in [1.29, 1.82) is 0 Å². The Balaban J connectivity index is 1.44. The first-order valence-corrected chi connectivity index (χ1v) is 12.2. The first-order valence-electron chi connectivity index (χ1n) is 10.3. The van der Waals surface area contributed by atoms with Crippen LogP contribution in [0.1, 0.15) is 17.3 Å². The first-order chi connectivity index (χ1) is 16.1. The van der Waals surface area contributed by atoms with Crippen LogP contribution in [0.25, 0.3) is 21.5 Å². The van der Waals surface area contributed by atoms with Crippen LogP contribution in [0.5, 0.6) is 0 Å². The number of nitrogens with zero attached hydrogens (tertiary/aromatic N) is 3. The first kappa shape index (κ1) is 22.8. The normalized spacial score (nSPS) is 10.8. The number of nitrogens with one attached hydrogen (secondary N) is 1. The number of hydrogen-bond acceptors (Lipinski definition) is 7. The van der Waals surface area contributed by atoms with Crippen LogP contribution in [0.2, 0.25) is 0 Å². The third-order valence-electron chi connectivity index (χ3n) is 4.76. The molecular weight excluding hydrogens is 456 g/mol. The highest BCUT2D eigenvalue weighted by Gasteiger charge is 2.18. The van der Waals surface area contributed by atoms with Gasteiger partial charge in [-0.25, -0.2) is 4.79 Å². The molecule has 0 atom stereocenters. The summed E-state index contributed by atoms with van der Waals surface area (Å²) in [4.78, 5) is 24.2. The molecule has 0 spiro atoms. The summed E-state index contributed by atoms with van der Waals surface area (Å²) >= 11 is 2.97. The van der Waals surface area contributed by atoms with E-state index in [0.717, 1.165) is 16.8 Å². The zero-order valence-electron chi connectivity index (χ0n) is 18.0. The second-order valence-corrected chi connectivity index (χ2v) is 8.84. The highest BCUT2D eigenvalue weighted by atomic mass is 32.2. The molecule has 168 valence electrons. The Morgan fingerprint density at radius 1 is 1.18 bits per heavy atom. The fourth-order valence-electron chi connectivity index (χ4n) is 3.27. The van der Waals surface area contributed by atoms with Crippen molar-refractivity contribution in [1.82, 2.24) is 14.8 Å². The number of thiophene rings is 1. The maximum atomic E-state index is 12.5. The van der Waals surface area contributed by atoms with Crippen LogP contribution in [-0.4, -0.2) is 39.0 Å². The van der Waals surface area contributed by atoms with E-state index in [4.69, 9.17) is 4.74 Å². The zero-order valence-corrected chi connectivity index (χ0v) is 19.6. The van der Waals surface area contributed by atoms with Gasteiger partial charge in [-0.1, -0.05) is 36.0 Å². The molecule has 2 aromatic heterocycles. The van der Waals surface area contributed by atoms with E-state index in [9.17, 15) is 9.59 Å². The second-order valence-electron chi connectivity index (χ2n) is 6.99. The van der Waals surface area contributed by atoms with E-state index in [1.807, 2.05) is 16.7 Å². The Hall–Kier alpha value is -3.43. The summed E-state index contributed by atoms with van der Waals surface area (Å²) in [5.41, 5.74) is 2.06. The van der Waals surface area contributed by atoms with E-state index in [0.29, 0.717) is 29.6 Å². The van der Waals surface area contributed by atoms with Crippen molar-refractivity contribution in [3.63, 3.8) is 0 Å². The van der Waals surface area contributed by atoms with Crippen molar-refractivity contribution in [2.45, 2.75) is 18.6 Å². The molecule has 4 aromatic rings. The summed E-state index contributed by atoms with van der Waals surface area (Å²) in [5, 5.41) is 15.4.